The lowest BCUT2D eigenvalue weighted by Gasteiger charge is -2.22. The Bertz CT molecular complexity index is 366. The van der Waals surface area contributed by atoms with E-state index in [0.29, 0.717) is 17.1 Å². The second-order valence-electron chi connectivity index (χ2n) is 6.00. The first-order valence-corrected chi connectivity index (χ1v) is 7.50. The monoisotopic (exact) mass is 282 g/mol. The molecule has 0 saturated heterocycles. The summed E-state index contributed by atoms with van der Waals surface area (Å²) in [5.74, 6) is 0.214. The van der Waals surface area contributed by atoms with E-state index in [1.54, 1.807) is 0 Å². The van der Waals surface area contributed by atoms with Gasteiger partial charge in [-0.15, -0.1) is 0 Å². The van der Waals surface area contributed by atoms with Gasteiger partial charge in [0, 0.05) is 18.4 Å². The van der Waals surface area contributed by atoms with Crippen LogP contribution in [0.3, 0.4) is 0 Å². The lowest BCUT2D eigenvalue weighted by molar-refractivity contribution is -0.113. The van der Waals surface area contributed by atoms with E-state index >= 15 is 0 Å². The number of hydrogen-bond donors (Lipinski definition) is 2. The Morgan fingerprint density at radius 1 is 1.20 bits per heavy atom. The molecule has 0 aliphatic heterocycles. The summed E-state index contributed by atoms with van der Waals surface area (Å²) in [6, 6.07) is 0. The van der Waals surface area contributed by atoms with Crippen molar-refractivity contribution in [3.63, 3.8) is 0 Å². The second-order valence-corrected chi connectivity index (χ2v) is 6.00. The third-order valence-corrected chi connectivity index (χ3v) is 3.81. The fourth-order valence-corrected chi connectivity index (χ4v) is 2.13. The van der Waals surface area contributed by atoms with Gasteiger partial charge in [-0.3, -0.25) is 4.79 Å². The van der Waals surface area contributed by atoms with E-state index in [9.17, 15) is 15.0 Å². The van der Waals surface area contributed by atoms with Crippen LogP contribution in [0.4, 0.5) is 0 Å². The molecule has 3 nitrogen and oxygen atoms in total. The molecule has 2 N–H and O–H groups in total. The molecule has 116 valence electrons. The van der Waals surface area contributed by atoms with Gasteiger partial charge >= 0.3 is 0 Å². The summed E-state index contributed by atoms with van der Waals surface area (Å²) in [4.78, 5) is 11.8. The van der Waals surface area contributed by atoms with Crippen molar-refractivity contribution in [2.75, 3.05) is 6.61 Å². The Labute approximate surface area is 123 Å². The van der Waals surface area contributed by atoms with Gasteiger partial charge in [0.15, 0.2) is 5.78 Å². The van der Waals surface area contributed by atoms with Crippen LogP contribution in [0.25, 0.3) is 0 Å². The Morgan fingerprint density at radius 2 is 1.75 bits per heavy atom. The molecule has 0 radical (unpaired) electrons. The van der Waals surface area contributed by atoms with Gasteiger partial charge in [0.05, 0.1) is 5.57 Å². The lowest BCUT2D eigenvalue weighted by atomic mass is 9.84. The molecule has 2 unspecified atom stereocenters. The average molecular weight is 282 g/mol. The fourth-order valence-electron chi connectivity index (χ4n) is 2.13. The molecular weight excluding hydrogens is 252 g/mol. The Balaban J connectivity index is 5.28. The van der Waals surface area contributed by atoms with Gasteiger partial charge in [-0.1, -0.05) is 40.7 Å². The first kappa shape index (κ1) is 18.9. The lowest BCUT2D eigenvalue weighted by Crippen LogP contribution is -2.18. The summed E-state index contributed by atoms with van der Waals surface area (Å²) in [5, 5.41) is 19.8. The Kier molecular flexibility index (Phi) is 8.47. The van der Waals surface area contributed by atoms with Gasteiger partial charge in [0.25, 0.3) is 0 Å². The normalized spacial score (nSPS) is 15.8. The molecule has 3 heteroatoms. The maximum atomic E-state index is 11.8. The number of carbonyl (C=O) groups is 1. The van der Waals surface area contributed by atoms with Gasteiger partial charge in [0.2, 0.25) is 0 Å². The molecule has 2 atom stereocenters. The number of allylic oxidation sites excluding steroid dienone is 2. The quantitative estimate of drug-likeness (QED) is 0.381. The van der Waals surface area contributed by atoms with Crippen LogP contribution in [0.2, 0.25) is 0 Å². The van der Waals surface area contributed by atoms with Gasteiger partial charge < -0.3 is 10.2 Å². The van der Waals surface area contributed by atoms with Gasteiger partial charge in [-0.2, -0.15) is 0 Å². The van der Waals surface area contributed by atoms with Crippen molar-refractivity contribution in [3.05, 3.63) is 23.5 Å². The van der Waals surface area contributed by atoms with Crippen LogP contribution in [0.1, 0.15) is 53.9 Å². The number of aliphatic hydroxyl groups is 2. The molecule has 0 aromatic carbocycles. The van der Waals surface area contributed by atoms with Crippen molar-refractivity contribution >= 4 is 5.78 Å². The van der Waals surface area contributed by atoms with Crippen LogP contribution in [0, 0.1) is 17.8 Å². The maximum absolute atomic E-state index is 11.8. The maximum Gasteiger partial charge on any atom is 0.163 e. The zero-order valence-electron chi connectivity index (χ0n) is 13.6. The highest BCUT2D eigenvalue weighted by molar-refractivity contribution is 5.98. The molecule has 0 saturated carbocycles. The largest absolute Gasteiger partial charge is 0.511 e. The van der Waals surface area contributed by atoms with E-state index < -0.39 is 0 Å². The minimum Gasteiger partial charge on any atom is -0.511 e. The number of hydrogen-bond acceptors (Lipinski definition) is 3. The average Bonchev–Trinajstić information content (AvgIpc) is 2.37. The smallest absolute Gasteiger partial charge is 0.163 e. The van der Waals surface area contributed by atoms with E-state index in [4.69, 9.17) is 0 Å². The van der Waals surface area contributed by atoms with Gasteiger partial charge in [-0.05, 0) is 31.3 Å². The summed E-state index contributed by atoms with van der Waals surface area (Å²) in [6.45, 7) is 13.4. The number of rotatable bonds is 9. The van der Waals surface area contributed by atoms with Crippen molar-refractivity contribution in [1.29, 1.82) is 0 Å². The zero-order valence-corrected chi connectivity index (χ0v) is 13.6. The van der Waals surface area contributed by atoms with E-state index in [0.717, 1.165) is 19.3 Å². The summed E-state index contributed by atoms with van der Waals surface area (Å²) in [7, 11) is 0. The minimum absolute atomic E-state index is 0.0455. The van der Waals surface area contributed by atoms with Crippen LogP contribution >= 0.6 is 0 Å². The summed E-state index contributed by atoms with van der Waals surface area (Å²) in [6.07, 6.45) is 2.49. The van der Waals surface area contributed by atoms with E-state index in [1.165, 1.54) is 6.92 Å². The highest BCUT2D eigenvalue weighted by Crippen LogP contribution is 2.29. The fraction of sp³-hybridized carbons (Fsp3) is 0.706. The SMILES string of the molecule is C=C(C(C(C)=O)=C(O)C(C)CC)C(CO)CCC(C)C. The first-order valence-electron chi connectivity index (χ1n) is 7.50. The minimum atomic E-state index is -0.184. The predicted octanol–water partition coefficient (Wildman–Crippen LogP) is 4.03. The van der Waals surface area contributed by atoms with Crippen molar-refractivity contribution in [2.24, 2.45) is 17.8 Å². The third kappa shape index (κ3) is 5.49. The van der Waals surface area contributed by atoms with E-state index in [2.05, 4.69) is 20.4 Å². The summed E-state index contributed by atoms with van der Waals surface area (Å²) < 4.78 is 0. The molecule has 0 heterocycles. The molecule has 0 spiro atoms. The van der Waals surface area contributed by atoms with Crippen LogP contribution in [-0.2, 0) is 4.79 Å². The van der Waals surface area contributed by atoms with Crippen LogP contribution in [-0.4, -0.2) is 22.6 Å². The standard InChI is InChI=1S/C17H30O3/c1-7-12(4)17(20)16(14(6)19)13(5)15(10-18)9-8-11(2)3/h11-12,15,18,20H,5,7-10H2,1-4,6H3. The van der Waals surface area contributed by atoms with Crippen molar-refractivity contribution < 1.29 is 15.0 Å². The third-order valence-electron chi connectivity index (χ3n) is 3.81. The van der Waals surface area contributed by atoms with Gasteiger partial charge in [0.1, 0.15) is 5.76 Å². The molecule has 0 aromatic rings. The molecule has 0 aliphatic carbocycles. The number of Topliss-reactive ketones (excluding diaryl/α,β-unsaturated/α-hetero) is 1. The van der Waals surface area contributed by atoms with Gasteiger partial charge in [-0.25, -0.2) is 0 Å². The van der Waals surface area contributed by atoms with Crippen LogP contribution in [0.5, 0.6) is 0 Å². The highest BCUT2D eigenvalue weighted by atomic mass is 16.3. The Morgan fingerprint density at radius 3 is 2.10 bits per heavy atom. The number of aliphatic hydroxyl groups excluding tert-OH is 2. The summed E-state index contributed by atoms with van der Waals surface area (Å²) in [5.41, 5.74) is 0.876. The molecule has 20 heavy (non-hydrogen) atoms. The Hall–Kier alpha value is -1.09. The molecule has 0 amide bonds. The first-order chi connectivity index (χ1) is 9.26. The van der Waals surface area contributed by atoms with Crippen molar-refractivity contribution in [1.82, 2.24) is 0 Å². The second kappa shape index (κ2) is 8.96. The number of carbonyl (C=O) groups excluding carboxylic acids is 1. The van der Waals surface area contributed by atoms with E-state index in [1.807, 2.05) is 13.8 Å². The molecule has 0 bridgehead atoms. The predicted molar refractivity (Wildman–Crippen MR) is 83.6 cm³/mol. The summed E-state index contributed by atoms with van der Waals surface area (Å²) >= 11 is 0. The molecular formula is C17H30O3. The highest BCUT2D eigenvalue weighted by Gasteiger charge is 2.23. The molecule has 0 aromatic heterocycles. The zero-order chi connectivity index (χ0) is 15.9. The van der Waals surface area contributed by atoms with Crippen molar-refractivity contribution in [3.8, 4) is 0 Å². The molecule has 0 aliphatic rings. The van der Waals surface area contributed by atoms with Crippen molar-refractivity contribution in [2.45, 2.75) is 53.9 Å². The number of ketones is 1. The molecule has 0 rings (SSSR count). The van der Waals surface area contributed by atoms with E-state index in [-0.39, 0.29) is 30.0 Å². The van der Waals surface area contributed by atoms with Crippen LogP contribution < -0.4 is 0 Å². The molecule has 0 fully saturated rings. The topological polar surface area (TPSA) is 57.5 Å². The van der Waals surface area contributed by atoms with Crippen LogP contribution in [0.15, 0.2) is 23.5 Å².